The Hall–Kier alpha value is -0.960. The van der Waals surface area contributed by atoms with Crippen LogP contribution in [0, 0.1) is 17.6 Å². The number of unbranched alkanes of at least 4 members (excludes halogenated alkanes) is 4. The molecule has 1 N–H and O–H groups in total. The molecule has 1 aromatic rings. The predicted octanol–water partition coefficient (Wildman–Crippen LogP) is 5.70. The highest BCUT2D eigenvalue weighted by molar-refractivity contribution is 5.26. The Balaban J connectivity index is 1.84. The first-order valence-electron chi connectivity index (χ1n) is 8.73. The number of aliphatic hydroxyl groups is 1. The molecule has 1 nitrogen and oxygen atoms in total. The number of rotatable bonds is 7. The summed E-state index contributed by atoms with van der Waals surface area (Å²) in [5, 5.41) is 10.7. The smallest absolute Gasteiger partial charge is 0.164 e. The van der Waals surface area contributed by atoms with Crippen LogP contribution in [0.3, 0.4) is 0 Å². The minimum Gasteiger partial charge on any atom is -0.385 e. The van der Waals surface area contributed by atoms with Gasteiger partial charge in [0.25, 0.3) is 0 Å². The summed E-state index contributed by atoms with van der Waals surface area (Å²) in [5.41, 5.74) is -1.06. The molecule has 124 valence electrons. The summed E-state index contributed by atoms with van der Waals surface area (Å²) >= 11 is 0. The average Bonchev–Trinajstić information content (AvgIpc) is 2.52. The molecule has 0 aliphatic heterocycles. The van der Waals surface area contributed by atoms with Crippen LogP contribution in [-0.2, 0) is 5.60 Å². The zero-order chi connectivity index (χ0) is 16.0. The van der Waals surface area contributed by atoms with E-state index in [0.29, 0.717) is 18.8 Å². The Morgan fingerprint density at radius 1 is 1.09 bits per heavy atom. The second-order valence-corrected chi connectivity index (χ2v) is 6.78. The molecule has 0 heterocycles. The van der Waals surface area contributed by atoms with Crippen LogP contribution in [0.1, 0.15) is 76.7 Å². The van der Waals surface area contributed by atoms with Crippen LogP contribution in [0.2, 0.25) is 0 Å². The van der Waals surface area contributed by atoms with Crippen molar-refractivity contribution in [2.75, 3.05) is 0 Å². The molecule has 1 aliphatic rings. The minimum atomic E-state index is -1.19. The van der Waals surface area contributed by atoms with Crippen molar-refractivity contribution in [3.8, 4) is 0 Å². The molecule has 2 rings (SSSR count). The molecule has 1 saturated carbocycles. The maximum absolute atomic E-state index is 13.9. The lowest BCUT2D eigenvalue weighted by Crippen LogP contribution is -2.32. The molecule has 0 spiro atoms. The minimum absolute atomic E-state index is 0.133. The van der Waals surface area contributed by atoms with E-state index >= 15 is 0 Å². The lowest BCUT2D eigenvalue weighted by molar-refractivity contribution is -0.0187. The third kappa shape index (κ3) is 4.28. The first kappa shape index (κ1) is 17.4. The summed E-state index contributed by atoms with van der Waals surface area (Å²) in [6.45, 7) is 2.22. The SMILES string of the molecule is CCCCCCCC1CCC(O)(c2cccc(F)c2F)CC1. The molecule has 0 aromatic heterocycles. The fourth-order valence-corrected chi connectivity index (χ4v) is 3.61. The maximum atomic E-state index is 13.9. The number of hydrogen-bond donors (Lipinski definition) is 1. The highest BCUT2D eigenvalue weighted by Gasteiger charge is 2.37. The molecular formula is C19H28F2O. The lowest BCUT2D eigenvalue weighted by Gasteiger charge is -2.36. The molecule has 0 saturated heterocycles. The van der Waals surface area contributed by atoms with Crippen LogP contribution in [0.5, 0.6) is 0 Å². The van der Waals surface area contributed by atoms with Crippen molar-refractivity contribution in [2.24, 2.45) is 5.92 Å². The highest BCUT2D eigenvalue weighted by Crippen LogP contribution is 2.42. The quantitative estimate of drug-likeness (QED) is 0.640. The van der Waals surface area contributed by atoms with Crippen molar-refractivity contribution in [1.82, 2.24) is 0 Å². The van der Waals surface area contributed by atoms with Gasteiger partial charge in [0.1, 0.15) is 0 Å². The van der Waals surface area contributed by atoms with Gasteiger partial charge in [0.2, 0.25) is 0 Å². The first-order chi connectivity index (χ1) is 10.6. The molecule has 1 fully saturated rings. The molecule has 0 unspecified atom stereocenters. The van der Waals surface area contributed by atoms with Gasteiger partial charge in [-0.1, -0.05) is 57.6 Å². The Bertz CT molecular complexity index is 465. The zero-order valence-electron chi connectivity index (χ0n) is 13.6. The van der Waals surface area contributed by atoms with Crippen LogP contribution in [0.25, 0.3) is 0 Å². The zero-order valence-corrected chi connectivity index (χ0v) is 13.6. The molecule has 22 heavy (non-hydrogen) atoms. The lowest BCUT2D eigenvalue weighted by atomic mass is 9.73. The van der Waals surface area contributed by atoms with Crippen molar-refractivity contribution in [1.29, 1.82) is 0 Å². The Labute approximate surface area is 132 Å². The van der Waals surface area contributed by atoms with E-state index in [9.17, 15) is 13.9 Å². The molecule has 1 aliphatic carbocycles. The van der Waals surface area contributed by atoms with Crippen molar-refractivity contribution in [3.63, 3.8) is 0 Å². The van der Waals surface area contributed by atoms with Crippen molar-refractivity contribution in [3.05, 3.63) is 35.4 Å². The molecule has 3 heteroatoms. The van der Waals surface area contributed by atoms with E-state index in [1.165, 1.54) is 50.7 Å². The third-order valence-corrected chi connectivity index (χ3v) is 5.10. The third-order valence-electron chi connectivity index (χ3n) is 5.10. The van der Waals surface area contributed by atoms with E-state index in [1.807, 2.05) is 0 Å². The van der Waals surface area contributed by atoms with Crippen molar-refractivity contribution >= 4 is 0 Å². The van der Waals surface area contributed by atoms with Gasteiger partial charge in [-0.25, -0.2) is 8.78 Å². The van der Waals surface area contributed by atoms with Gasteiger partial charge < -0.3 is 5.11 Å². The number of hydrogen-bond acceptors (Lipinski definition) is 1. The van der Waals surface area contributed by atoms with E-state index in [0.717, 1.165) is 18.9 Å². The number of benzene rings is 1. The Morgan fingerprint density at radius 2 is 1.77 bits per heavy atom. The summed E-state index contributed by atoms with van der Waals surface area (Å²) in [7, 11) is 0. The van der Waals surface area contributed by atoms with Crippen molar-refractivity contribution < 1.29 is 13.9 Å². The molecule has 0 atom stereocenters. The van der Waals surface area contributed by atoms with Crippen molar-refractivity contribution in [2.45, 2.75) is 76.7 Å². The molecular weight excluding hydrogens is 282 g/mol. The van der Waals surface area contributed by atoms with Crippen LogP contribution in [0.15, 0.2) is 18.2 Å². The van der Waals surface area contributed by atoms with Crippen LogP contribution < -0.4 is 0 Å². The van der Waals surface area contributed by atoms with Gasteiger partial charge in [-0.15, -0.1) is 0 Å². The fourth-order valence-electron chi connectivity index (χ4n) is 3.61. The van der Waals surface area contributed by atoms with Crippen LogP contribution in [-0.4, -0.2) is 5.11 Å². The monoisotopic (exact) mass is 310 g/mol. The largest absolute Gasteiger partial charge is 0.385 e. The highest BCUT2D eigenvalue weighted by atomic mass is 19.2. The fraction of sp³-hybridized carbons (Fsp3) is 0.684. The maximum Gasteiger partial charge on any atom is 0.164 e. The number of halogens is 2. The topological polar surface area (TPSA) is 20.2 Å². The summed E-state index contributed by atoms with van der Waals surface area (Å²) in [6.07, 6.45) is 10.5. The van der Waals surface area contributed by atoms with Gasteiger partial charge in [-0.2, -0.15) is 0 Å². The van der Waals surface area contributed by atoms with Gasteiger partial charge in [-0.05, 0) is 37.7 Å². The van der Waals surface area contributed by atoms with E-state index in [2.05, 4.69) is 6.92 Å². The van der Waals surface area contributed by atoms with Gasteiger partial charge >= 0.3 is 0 Å². The normalized spacial score (nSPS) is 25.4. The van der Waals surface area contributed by atoms with Crippen LogP contribution >= 0.6 is 0 Å². The summed E-state index contributed by atoms with van der Waals surface area (Å²) in [6, 6.07) is 4.10. The standard InChI is InChI=1S/C19H28F2O/c1-2-3-4-5-6-8-15-11-13-19(22,14-12-15)16-9-7-10-17(20)18(16)21/h7,9-10,15,22H,2-6,8,11-14H2,1H3. The molecule has 0 bridgehead atoms. The summed E-state index contributed by atoms with van der Waals surface area (Å²) < 4.78 is 27.3. The van der Waals surface area contributed by atoms with E-state index < -0.39 is 17.2 Å². The van der Waals surface area contributed by atoms with Gasteiger partial charge in [0.15, 0.2) is 11.6 Å². The van der Waals surface area contributed by atoms with Crippen LogP contribution in [0.4, 0.5) is 8.78 Å². The first-order valence-corrected chi connectivity index (χ1v) is 8.73. The molecule has 0 radical (unpaired) electrons. The van der Waals surface area contributed by atoms with Gasteiger partial charge in [0, 0.05) is 5.56 Å². The second-order valence-electron chi connectivity index (χ2n) is 6.78. The molecule has 0 amide bonds. The van der Waals surface area contributed by atoms with E-state index in [-0.39, 0.29) is 5.56 Å². The Morgan fingerprint density at radius 3 is 2.45 bits per heavy atom. The van der Waals surface area contributed by atoms with E-state index in [4.69, 9.17) is 0 Å². The molecule has 1 aromatic carbocycles. The second kappa shape index (κ2) is 8.05. The van der Waals surface area contributed by atoms with Gasteiger partial charge in [-0.3, -0.25) is 0 Å². The summed E-state index contributed by atoms with van der Waals surface area (Å²) in [5.74, 6) is -1.13. The van der Waals surface area contributed by atoms with E-state index in [1.54, 1.807) is 0 Å². The van der Waals surface area contributed by atoms with Gasteiger partial charge in [0.05, 0.1) is 5.60 Å². The predicted molar refractivity (Wildman–Crippen MR) is 85.6 cm³/mol. The Kier molecular flexibility index (Phi) is 6.37. The average molecular weight is 310 g/mol. The summed E-state index contributed by atoms with van der Waals surface area (Å²) in [4.78, 5) is 0.